The first-order chi connectivity index (χ1) is 8.13. The normalized spacial score (nSPS) is 11.2. The number of rotatable bonds is 12. The molecule has 0 aliphatic carbocycles. The second kappa shape index (κ2) is 13.0. The van der Waals surface area contributed by atoms with E-state index >= 15 is 0 Å². The summed E-state index contributed by atoms with van der Waals surface area (Å²) in [7, 11) is 0. The van der Waals surface area contributed by atoms with Crippen LogP contribution in [0.15, 0.2) is 0 Å². The molecule has 0 saturated heterocycles. The van der Waals surface area contributed by atoms with Gasteiger partial charge in [0, 0.05) is 0 Å². The third-order valence-electron chi connectivity index (χ3n) is 3.38. The van der Waals surface area contributed by atoms with Crippen molar-refractivity contribution < 1.29 is 1.43 Å². The Balaban J connectivity index is 0. The van der Waals surface area contributed by atoms with E-state index in [1.807, 2.05) is 0 Å². The van der Waals surface area contributed by atoms with E-state index in [1.54, 1.807) is 10.6 Å². The summed E-state index contributed by atoms with van der Waals surface area (Å²) < 4.78 is 0. The van der Waals surface area contributed by atoms with E-state index in [1.165, 1.54) is 51.4 Å². The van der Waals surface area contributed by atoms with Crippen LogP contribution >= 0.6 is 0 Å². The second-order valence-corrected chi connectivity index (χ2v) is 8.08. The summed E-state index contributed by atoms with van der Waals surface area (Å²) in [6, 6.07) is 0. The van der Waals surface area contributed by atoms with Gasteiger partial charge in [-0.3, -0.25) is 0 Å². The van der Waals surface area contributed by atoms with Gasteiger partial charge in [0.1, 0.15) is 0 Å². The Kier molecular flexibility index (Phi) is 13.4. The molecule has 0 nitrogen and oxygen atoms in total. The summed E-state index contributed by atoms with van der Waals surface area (Å²) in [5.74, 6) is 1.81. The van der Waals surface area contributed by atoms with E-state index in [0.717, 1.165) is 27.1 Å². The smallest absolute Gasteiger partial charge is 1.00 e. The molecule has 0 unspecified atom stereocenters. The van der Waals surface area contributed by atoms with E-state index in [9.17, 15) is 0 Å². The molecule has 0 atom stereocenters. The van der Waals surface area contributed by atoms with Crippen LogP contribution < -0.4 is 0 Å². The predicted molar refractivity (Wildman–Crippen MR) is 83.1 cm³/mol. The van der Waals surface area contributed by atoms with E-state index in [0.29, 0.717) is 0 Å². The average molecular weight is 254 g/mol. The standard InChI is InChI=1S/2C8H17.Al.H/c2*1-4-5-6-7-8(2)3;;/h2*8H,1,4-7H2,2-3H3;;/q;;+1;-1. The van der Waals surface area contributed by atoms with Crippen LogP contribution in [0.4, 0.5) is 0 Å². The van der Waals surface area contributed by atoms with Crippen molar-refractivity contribution in [1.29, 1.82) is 0 Å². The Morgan fingerprint density at radius 2 is 1.06 bits per heavy atom. The summed E-state index contributed by atoms with van der Waals surface area (Å²) in [5.41, 5.74) is 0. The van der Waals surface area contributed by atoms with Crippen molar-refractivity contribution in [1.82, 2.24) is 0 Å². The molecule has 0 aromatic heterocycles. The Bertz CT molecular complexity index is 130. The molecule has 0 aliphatic heterocycles. The molecule has 17 heavy (non-hydrogen) atoms. The van der Waals surface area contributed by atoms with Gasteiger partial charge >= 0.3 is 117 Å². The number of unbranched alkanes of at least 4 members (excludes halogenated alkanes) is 4. The molecule has 102 valence electrons. The predicted octanol–water partition coefficient (Wildman–Crippen LogP) is 6.07. The average Bonchev–Trinajstić information content (AvgIpc) is 2.25. The molecule has 0 aliphatic rings. The van der Waals surface area contributed by atoms with Gasteiger partial charge in [-0.2, -0.15) is 0 Å². The first-order valence-corrected chi connectivity index (χ1v) is 9.58. The third-order valence-corrected chi connectivity index (χ3v) is 5.01. The Morgan fingerprint density at radius 1 is 0.647 bits per heavy atom. The van der Waals surface area contributed by atoms with Gasteiger partial charge in [0.2, 0.25) is 0 Å². The molecule has 0 aromatic carbocycles. The molecule has 0 saturated carbocycles. The molecule has 0 rings (SSSR count). The minimum atomic E-state index is 0. The summed E-state index contributed by atoms with van der Waals surface area (Å²) in [6.07, 6.45) is 11.8. The molecule has 1 heteroatoms. The van der Waals surface area contributed by atoms with Gasteiger partial charge in [0.15, 0.2) is 0 Å². The fourth-order valence-corrected chi connectivity index (χ4v) is 3.62. The van der Waals surface area contributed by atoms with Crippen molar-refractivity contribution in [3.05, 3.63) is 0 Å². The van der Waals surface area contributed by atoms with E-state index in [4.69, 9.17) is 0 Å². The van der Waals surface area contributed by atoms with Gasteiger partial charge in [-0.05, 0) is 0 Å². The van der Waals surface area contributed by atoms with Crippen molar-refractivity contribution in [2.75, 3.05) is 0 Å². The number of hydrogen-bond donors (Lipinski definition) is 0. The fourth-order valence-electron chi connectivity index (χ4n) is 2.18. The Hall–Kier alpha value is 0.532. The van der Waals surface area contributed by atoms with Crippen LogP contribution in [-0.2, 0) is 0 Å². The first-order valence-electron chi connectivity index (χ1n) is 7.94. The van der Waals surface area contributed by atoms with E-state index in [2.05, 4.69) is 27.7 Å². The molecule has 0 heterocycles. The topological polar surface area (TPSA) is 0 Å². The summed E-state index contributed by atoms with van der Waals surface area (Å²) in [4.78, 5) is 0. The van der Waals surface area contributed by atoms with Crippen molar-refractivity contribution in [3.8, 4) is 0 Å². The Morgan fingerprint density at radius 3 is 1.41 bits per heavy atom. The molecule has 0 amide bonds. The van der Waals surface area contributed by atoms with Gasteiger partial charge in [0.05, 0.1) is 0 Å². The van der Waals surface area contributed by atoms with Crippen molar-refractivity contribution in [3.63, 3.8) is 0 Å². The Labute approximate surface area is 118 Å². The van der Waals surface area contributed by atoms with Crippen molar-refractivity contribution in [2.24, 2.45) is 11.8 Å². The maximum absolute atomic E-state index is 2.34. The molecular weight excluding hydrogens is 219 g/mol. The van der Waals surface area contributed by atoms with Gasteiger partial charge in [-0.25, -0.2) is 0 Å². The molecule has 0 aromatic rings. The largest absolute Gasteiger partial charge is 1.00 e. The SMILES string of the molecule is CC(C)CCCC[CH2][Al+][CH2]CCCCC(C)C.[H-]. The van der Waals surface area contributed by atoms with Gasteiger partial charge in [0.25, 0.3) is 0 Å². The maximum atomic E-state index is 2.34. The second-order valence-electron chi connectivity index (χ2n) is 6.35. The fraction of sp³-hybridized carbons (Fsp3) is 1.00. The van der Waals surface area contributed by atoms with Gasteiger partial charge in [-0.15, -0.1) is 0 Å². The first kappa shape index (κ1) is 17.5. The molecule has 0 fully saturated rings. The van der Waals surface area contributed by atoms with Crippen LogP contribution in [0.3, 0.4) is 0 Å². The maximum Gasteiger partial charge on any atom is -1.00 e. The van der Waals surface area contributed by atoms with Crippen LogP contribution in [0.25, 0.3) is 0 Å². The van der Waals surface area contributed by atoms with Crippen molar-refractivity contribution >= 4 is 15.2 Å². The number of hydrogen-bond acceptors (Lipinski definition) is 0. The zero-order chi connectivity index (χ0) is 12.9. The zero-order valence-electron chi connectivity index (χ0n) is 13.8. The van der Waals surface area contributed by atoms with Gasteiger partial charge in [-0.1, -0.05) is 0 Å². The quantitative estimate of drug-likeness (QED) is 0.293. The van der Waals surface area contributed by atoms with Crippen LogP contribution in [0.1, 0.15) is 80.5 Å². The monoisotopic (exact) mass is 254 g/mol. The minimum Gasteiger partial charge on any atom is -1.00 e. The summed E-state index contributed by atoms with van der Waals surface area (Å²) >= 11 is 0.780. The van der Waals surface area contributed by atoms with Crippen LogP contribution in [-0.4, -0.2) is 15.2 Å². The minimum absolute atomic E-state index is 0. The molecule has 0 N–H and O–H groups in total. The van der Waals surface area contributed by atoms with Crippen molar-refractivity contribution in [2.45, 2.75) is 89.6 Å². The summed E-state index contributed by atoms with van der Waals surface area (Å²) in [5, 5.41) is 3.12. The van der Waals surface area contributed by atoms with Crippen LogP contribution in [0.2, 0.25) is 10.6 Å². The van der Waals surface area contributed by atoms with E-state index < -0.39 is 0 Å². The third kappa shape index (κ3) is 16.5. The summed E-state index contributed by atoms with van der Waals surface area (Å²) in [6.45, 7) is 9.34. The molecule has 0 radical (unpaired) electrons. The molecular formula is C16H35Al. The van der Waals surface area contributed by atoms with E-state index in [-0.39, 0.29) is 1.43 Å². The van der Waals surface area contributed by atoms with Gasteiger partial charge < -0.3 is 1.43 Å². The zero-order valence-corrected chi connectivity index (χ0v) is 14.0. The molecule has 0 bridgehead atoms. The van der Waals surface area contributed by atoms with Crippen LogP contribution in [0.5, 0.6) is 0 Å². The molecule has 0 spiro atoms. The van der Waals surface area contributed by atoms with Crippen LogP contribution in [0, 0.1) is 11.8 Å².